The molecule has 0 unspecified atom stereocenters. The van der Waals surface area contributed by atoms with Gasteiger partial charge in [-0.1, -0.05) is 12.1 Å². The molecule has 1 aromatic rings. The van der Waals surface area contributed by atoms with E-state index >= 15 is 0 Å². The van der Waals surface area contributed by atoms with Crippen LogP contribution in [0.1, 0.15) is 12.8 Å². The molecule has 0 aromatic carbocycles. The molecule has 1 aromatic heterocycles. The molecule has 0 atom stereocenters. The van der Waals surface area contributed by atoms with Crippen molar-refractivity contribution < 1.29 is 0 Å². The number of guanidine groups is 1. The van der Waals surface area contributed by atoms with Gasteiger partial charge in [0.05, 0.1) is 0 Å². The fourth-order valence-electron chi connectivity index (χ4n) is 1.53. The highest BCUT2D eigenvalue weighted by Gasteiger charge is 1.95. The molecule has 0 aliphatic rings. The predicted molar refractivity (Wildman–Crippen MR) is 96.9 cm³/mol. The normalized spacial score (nSPS) is 10.3. The number of nitrogens with one attached hydrogen (secondary N) is 3. The van der Waals surface area contributed by atoms with E-state index < -0.39 is 0 Å². The quantitative estimate of drug-likeness (QED) is 0.210. The molecule has 0 saturated heterocycles. The van der Waals surface area contributed by atoms with E-state index in [0.29, 0.717) is 0 Å². The third-order valence-corrected chi connectivity index (χ3v) is 2.50. The SMILES string of the molecule is C=CCNC(=NC)NCCCCNc1ccccn1.I. The first-order valence-electron chi connectivity index (χ1n) is 6.57. The summed E-state index contributed by atoms with van der Waals surface area (Å²) in [5.74, 6) is 1.75. The summed E-state index contributed by atoms with van der Waals surface area (Å²) in [5, 5.41) is 9.66. The zero-order valence-electron chi connectivity index (χ0n) is 11.9. The van der Waals surface area contributed by atoms with E-state index in [9.17, 15) is 0 Å². The monoisotopic (exact) mass is 389 g/mol. The third kappa shape index (κ3) is 8.73. The van der Waals surface area contributed by atoms with Gasteiger partial charge in [-0.05, 0) is 25.0 Å². The number of unbranched alkanes of at least 4 members (excludes halogenated alkanes) is 1. The smallest absolute Gasteiger partial charge is 0.191 e. The second-order valence-electron chi connectivity index (χ2n) is 4.02. The van der Waals surface area contributed by atoms with Crippen LogP contribution in [0.3, 0.4) is 0 Å². The van der Waals surface area contributed by atoms with Crippen molar-refractivity contribution in [2.45, 2.75) is 12.8 Å². The second kappa shape index (κ2) is 12.7. The molecule has 112 valence electrons. The van der Waals surface area contributed by atoms with Crippen LogP contribution in [0, 0.1) is 0 Å². The maximum absolute atomic E-state index is 4.21. The number of anilines is 1. The summed E-state index contributed by atoms with van der Waals surface area (Å²) in [6.07, 6.45) is 5.76. The Kier molecular flexibility index (Phi) is 11.9. The minimum atomic E-state index is 0. The van der Waals surface area contributed by atoms with Crippen molar-refractivity contribution in [3.63, 3.8) is 0 Å². The van der Waals surface area contributed by atoms with E-state index in [1.165, 1.54) is 0 Å². The Morgan fingerprint density at radius 2 is 2.10 bits per heavy atom. The maximum Gasteiger partial charge on any atom is 0.191 e. The molecule has 0 fully saturated rings. The molecule has 1 rings (SSSR count). The Labute approximate surface area is 138 Å². The van der Waals surface area contributed by atoms with Crippen molar-refractivity contribution in [1.29, 1.82) is 0 Å². The molecule has 5 nitrogen and oxygen atoms in total. The lowest BCUT2D eigenvalue weighted by Crippen LogP contribution is -2.37. The van der Waals surface area contributed by atoms with Crippen LogP contribution in [0.2, 0.25) is 0 Å². The number of hydrogen-bond donors (Lipinski definition) is 3. The molecule has 0 bridgehead atoms. The molecule has 1 heterocycles. The van der Waals surface area contributed by atoms with Crippen LogP contribution in [0.4, 0.5) is 5.82 Å². The van der Waals surface area contributed by atoms with Crippen molar-refractivity contribution >= 4 is 35.8 Å². The summed E-state index contributed by atoms with van der Waals surface area (Å²) < 4.78 is 0. The summed E-state index contributed by atoms with van der Waals surface area (Å²) in [4.78, 5) is 8.32. The Morgan fingerprint density at radius 1 is 1.30 bits per heavy atom. The first-order valence-corrected chi connectivity index (χ1v) is 6.57. The van der Waals surface area contributed by atoms with Gasteiger partial charge in [-0.2, -0.15) is 0 Å². The van der Waals surface area contributed by atoms with Gasteiger partial charge in [-0.3, -0.25) is 4.99 Å². The Hall–Kier alpha value is -1.31. The van der Waals surface area contributed by atoms with Crippen molar-refractivity contribution in [2.24, 2.45) is 4.99 Å². The van der Waals surface area contributed by atoms with Gasteiger partial charge in [0, 0.05) is 32.9 Å². The maximum atomic E-state index is 4.21. The van der Waals surface area contributed by atoms with Gasteiger partial charge in [0.1, 0.15) is 5.82 Å². The zero-order chi connectivity index (χ0) is 13.8. The van der Waals surface area contributed by atoms with Gasteiger partial charge in [-0.15, -0.1) is 30.6 Å². The average molecular weight is 389 g/mol. The lowest BCUT2D eigenvalue weighted by molar-refractivity contribution is 0.717. The van der Waals surface area contributed by atoms with Crippen LogP contribution in [0.25, 0.3) is 0 Å². The number of aromatic nitrogens is 1. The highest BCUT2D eigenvalue weighted by atomic mass is 127. The Balaban J connectivity index is 0.00000361. The van der Waals surface area contributed by atoms with Crippen molar-refractivity contribution in [2.75, 3.05) is 32.0 Å². The molecule has 0 aliphatic carbocycles. The molecule has 0 aliphatic heterocycles. The van der Waals surface area contributed by atoms with E-state index in [4.69, 9.17) is 0 Å². The number of halogens is 1. The van der Waals surface area contributed by atoms with E-state index in [-0.39, 0.29) is 24.0 Å². The van der Waals surface area contributed by atoms with Crippen molar-refractivity contribution in [3.05, 3.63) is 37.1 Å². The summed E-state index contributed by atoms with van der Waals surface area (Å²) in [5.41, 5.74) is 0. The lowest BCUT2D eigenvalue weighted by atomic mass is 10.3. The van der Waals surface area contributed by atoms with E-state index in [1.54, 1.807) is 13.2 Å². The Morgan fingerprint density at radius 3 is 2.75 bits per heavy atom. The van der Waals surface area contributed by atoms with Gasteiger partial charge in [0.25, 0.3) is 0 Å². The van der Waals surface area contributed by atoms with E-state index in [1.807, 2.05) is 24.3 Å². The van der Waals surface area contributed by atoms with Crippen LogP contribution in [0.5, 0.6) is 0 Å². The minimum Gasteiger partial charge on any atom is -0.370 e. The molecule has 0 saturated carbocycles. The van der Waals surface area contributed by atoms with Gasteiger partial charge in [-0.25, -0.2) is 4.98 Å². The largest absolute Gasteiger partial charge is 0.370 e. The lowest BCUT2D eigenvalue weighted by Gasteiger charge is -2.10. The van der Waals surface area contributed by atoms with Gasteiger partial charge in [0.2, 0.25) is 0 Å². The molecule has 20 heavy (non-hydrogen) atoms. The van der Waals surface area contributed by atoms with E-state index in [2.05, 4.69) is 32.5 Å². The van der Waals surface area contributed by atoms with Gasteiger partial charge in [0.15, 0.2) is 5.96 Å². The summed E-state index contributed by atoms with van der Waals surface area (Å²) in [6, 6.07) is 5.86. The van der Waals surface area contributed by atoms with Gasteiger partial charge < -0.3 is 16.0 Å². The standard InChI is InChI=1S/C14H23N5.HI/c1-3-9-18-14(15-2)19-12-7-6-11-17-13-8-4-5-10-16-13;/h3-5,8,10H,1,6-7,9,11-12H2,2H3,(H,16,17)(H2,15,18,19);1H. The minimum absolute atomic E-state index is 0. The number of nitrogens with zero attached hydrogens (tertiary/aromatic N) is 2. The molecular formula is C14H24IN5. The van der Waals surface area contributed by atoms with Crippen LogP contribution < -0.4 is 16.0 Å². The summed E-state index contributed by atoms with van der Waals surface area (Å²) >= 11 is 0. The van der Waals surface area contributed by atoms with Crippen LogP contribution >= 0.6 is 24.0 Å². The number of rotatable bonds is 8. The molecule has 6 heteroatoms. The number of aliphatic imine (C=N–C) groups is 1. The molecular weight excluding hydrogens is 365 g/mol. The average Bonchev–Trinajstić information content (AvgIpc) is 2.47. The zero-order valence-corrected chi connectivity index (χ0v) is 14.3. The Bertz CT molecular complexity index is 380. The molecule has 3 N–H and O–H groups in total. The number of pyridine rings is 1. The first-order chi connectivity index (χ1) is 9.36. The van der Waals surface area contributed by atoms with Crippen LogP contribution in [-0.2, 0) is 0 Å². The van der Waals surface area contributed by atoms with Gasteiger partial charge >= 0.3 is 0 Å². The number of hydrogen-bond acceptors (Lipinski definition) is 3. The summed E-state index contributed by atoms with van der Waals surface area (Å²) in [7, 11) is 1.76. The third-order valence-electron chi connectivity index (χ3n) is 2.50. The second-order valence-corrected chi connectivity index (χ2v) is 4.02. The topological polar surface area (TPSA) is 61.3 Å². The molecule has 0 amide bonds. The van der Waals surface area contributed by atoms with Crippen LogP contribution in [-0.4, -0.2) is 37.6 Å². The molecule has 0 radical (unpaired) electrons. The fourth-order valence-corrected chi connectivity index (χ4v) is 1.53. The molecule has 0 spiro atoms. The highest BCUT2D eigenvalue weighted by molar-refractivity contribution is 14.0. The van der Waals surface area contributed by atoms with E-state index in [0.717, 1.165) is 44.3 Å². The first kappa shape index (κ1) is 18.7. The predicted octanol–water partition coefficient (Wildman–Crippen LogP) is 2.24. The van der Waals surface area contributed by atoms with Crippen LogP contribution in [0.15, 0.2) is 42.0 Å². The highest BCUT2D eigenvalue weighted by Crippen LogP contribution is 1.99. The summed E-state index contributed by atoms with van der Waals surface area (Å²) in [6.45, 7) is 6.21. The van der Waals surface area contributed by atoms with Crippen molar-refractivity contribution in [1.82, 2.24) is 15.6 Å². The van der Waals surface area contributed by atoms with Crippen molar-refractivity contribution in [3.8, 4) is 0 Å². The fraction of sp³-hybridized carbons (Fsp3) is 0.429.